The van der Waals surface area contributed by atoms with Crippen molar-refractivity contribution in [3.8, 4) is 0 Å². The van der Waals surface area contributed by atoms with Gasteiger partial charge in [-0.1, -0.05) is 0 Å². The Morgan fingerprint density at radius 2 is 2.06 bits per heavy atom. The molecule has 1 fully saturated rings. The molecule has 0 aliphatic carbocycles. The number of hydrogen-bond acceptors (Lipinski definition) is 4. The molecule has 1 aliphatic heterocycles. The molecule has 0 radical (unpaired) electrons. The summed E-state index contributed by atoms with van der Waals surface area (Å²) in [5.74, 6) is 0. The lowest BCUT2D eigenvalue weighted by atomic mass is 10.2. The van der Waals surface area contributed by atoms with Crippen molar-refractivity contribution >= 4 is 27.3 Å². The van der Waals surface area contributed by atoms with Crippen molar-refractivity contribution in [2.45, 2.75) is 0 Å². The maximum Gasteiger partial charge on any atom is 0.283 e. The summed E-state index contributed by atoms with van der Waals surface area (Å²) in [4.78, 5) is 12.4. The number of hydrogen-bond donors (Lipinski definition) is 0. The Hall–Kier alpha value is -1.14. The van der Waals surface area contributed by atoms with E-state index < -0.39 is 4.92 Å². The van der Waals surface area contributed by atoms with Crippen LogP contribution in [0, 0.1) is 10.1 Å². The molecule has 2 rings (SSSR count). The van der Waals surface area contributed by atoms with Crippen molar-refractivity contribution in [1.82, 2.24) is 0 Å². The largest absolute Gasteiger partial charge is 0.378 e. The summed E-state index contributed by atoms with van der Waals surface area (Å²) in [6.07, 6.45) is 0. The Morgan fingerprint density at radius 3 is 2.62 bits per heavy atom. The van der Waals surface area contributed by atoms with E-state index in [4.69, 9.17) is 4.74 Å². The van der Waals surface area contributed by atoms with E-state index in [1.807, 2.05) is 0 Å². The normalized spacial score (nSPS) is 16.2. The van der Waals surface area contributed by atoms with Gasteiger partial charge in [0.25, 0.3) is 5.69 Å². The summed E-state index contributed by atoms with van der Waals surface area (Å²) in [5, 5.41) is 10.7. The van der Waals surface area contributed by atoms with Crippen LogP contribution in [0.2, 0.25) is 0 Å². The standard InChI is InChI=1S/C10H11BrN2O3/c11-9-7-8(1-2-10(9)13(14)15)12-3-5-16-6-4-12/h1-2,7H,3-6H2. The maximum atomic E-state index is 10.7. The van der Waals surface area contributed by atoms with Gasteiger partial charge in [0.2, 0.25) is 0 Å². The smallest absolute Gasteiger partial charge is 0.283 e. The molecule has 86 valence electrons. The van der Waals surface area contributed by atoms with Crippen LogP contribution >= 0.6 is 15.9 Å². The van der Waals surface area contributed by atoms with E-state index in [2.05, 4.69) is 20.8 Å². The Labute approximate surface area is 101 Å². The Balaban J connectivity index is 2.23. The van der Waals surface area contributed by atoms with E-state index in [0.717, 1.165) is 18.8 Å². The van der Waals surface area contributed by atoms with Crippen LogP contribution in [0.15, 0.2) is 22.7 Å². The number of nitro benzene ring substituents is 1. The Kier molecular flexibility index (Phi) is 3.40. The number of ether oxygens (including phenoxy) is 1. The molecule has 0 amide bonds. The first-order valence-electron chi connectivity index (χ1n) is 4.95. The highest BCUT2D eigenvalue weighted by atomic mass is 79.9. The summed E-state index contributed by atoms with van der Waals surface area (Å²) in [6.45, 7) is 3.05. The summed E-state index contributed by atoms with van der Waals surface area (Å²) in [5.41, 5.74) is 1.08. The molecule has 1 aromatic rings. The highest BCUT2D eigenvalue weighted by Crippen LogP contribution is 2.29. The third kappa shape index (κ3) is 2.33. The van der Waals surface area contributed by atoms with E-state index in [9.17, 15) is 10.1 Å². The van der Waals surface area contributed by atoms with Crippen LogP contribution in [0.3, 0.4) is 0 Å². The molecule has 0 N–H and O–H groups in total. The summed E-state index contributed by atoms with van der Waals surface area (Å²) in [7, 11) is 0. The van der Waals surface area contributed by atoms with Crippen molar-refractivity contribution in [3.63, 3.8) is 0 Å². The van der Waals surface area contributed by atoms with Gasteiger partial charge in [-0.15, -0.1) is 0 Å². The SMILES string of the molecule is O=[N+]([O-])c1ccc(N2CCOCC2)cc1Br. The van der Waals surface area contributed by atoms with Gasteiger partial charge in [-0.3, -0.25) is 10.1 Å². The fraction of sp³-hybridized carbons (Fsp3) is 0.400. The summed E-state index contributed by atoms with van der Waals surface area (Å²) in [6, 6.07) is 5.08. The molecular weight excluding hydrogens is 276 g/mol. The molecular formula is C10H11BrN2O3. The van der Waals surface area contributed by atoms with Gasteiger partial charge in [0.1, 0.15) is 0 Å². The third-order valence-corrected chi connectivity index (χ3v) is 3.14. The first-order chi connectivity index (χ1) is 7.68. The molecule has 0 bridgehead atoms. The minimum Gasteiger partial charge on any atom is -0.378 e. The first kappa shape index (κ1) is 11.3. The van der Waals surface area contributed by atoms with Crippen LogP contribution in [0.1, 0.15) is 0 Å². The van der Waals surface area contributed by atoms with Gasteiger partial charge >= 0.3 is 0 Å². The fourth-order valence-electron chi connectivity index (χ4n) is 1.66. The Bertz CT molecular complexity index is 405. The average Bonchev–Trinajstić information content (AvgIpc) is 2.29. The monoisotopic (exact) mass is 286 g/mol. The van der Waals surface area contributed by atoms with Crippen LogP contribution in [-0.2, 0) is 4.74 Å². The quantitative estimate of drug-likeness (QED) is 0.618. The summed E-state index contributed by atoms with van der Waals surface area (Å²) >= 11 is 3.21. The Morgan fingerprint density at radius 1 is 1.38 bits per heavy atom. The highest BCUT2D eigenvalue weighted by Gasteiger charge is 2.16. The molecule has 0 spiro atoms. The minimum atomic E-state index is -0.396. The molecule has 1 aromatic carbocycles. The topological polar surface area (TPSA) is 55.6 Å². The van der Waals surface area contributed by atoms with E-state index in [1.54, 1.807) is 12.1 Å². The van der Waals surface area contributed by atoms with Crippen LogP contribution < -0.4 is 4.90 Å². The molecule has 0 aromatic heterocycles. The third-order valence-electron chi connectivity index (χ3n) is 2.50. The molecule has 16 heavy (non-hydrogen) atoms. The van der Waals surface area contributed by atoms with Crippen molar-refractivity contribution in [1.29, 1.82) is 0 Å². The van der Waals surface area contributed by atoms with Crippen molar-refractivity contribution < 1.29 is 9.66 Å². The van der Waals surface area contributed by atoms with Crippen molar-refractivity contribution in [3.05, 3.63) is 32.8 Å². The van der Waals surface area contributed by atoms with Gasteiger partial charge in [0.05, 0.1) is 22.6 Å². The molecule has 0 saturated carbocycles. The number of halogens is 1. The lowest BCUT2D eigenvalue weighted by Gasteiger charge is -2.28. The molecule has 1 heterocycles. The van der Waals surface area contributed by atoms with E-state index in [-0.39, 0.29) is 5.69 Å². The second-order valence-corrected chi connectivity index (χ2v) is 4.35. The van der Waals surface area contributed by atoms with E-state index in [1.165, 1.54) is 6.07 Å². The zero-order valence-electron chi connectivity index (χ0n) is 8.56. The molecule has 0 atom stereocenters. The number of morpholine rings is 1. The van der Waals surface area contributed by atoms with Crippen LogP contribution in [0.25, 0.3) is 0 Å². The van der Waals surface area contributed by atoms with Crippen molar-refractivity contribution in [2.24, 2.45) is 0 Å². The van der Waals surface area contributed by atoms with Crippen LogP contribution in [0.4, 0.5) is 11.4 Å². The van der Waals surface area contributed by atoms with Crippen molar-refractivity contribution in [2.75, 3.05) is 31.2 Å². The number of nitrogens with zero attached hydrogens (tertiary/aromatic N) is 2. The van der Waals surface area contributed by atoms with Crippen LogP contribution in [0.5, 0.6) is 0 Å². The second-order valence-electron chi connectivity index (χ2n) is 3.49. The maximum absolute atomic E-state index is 10.7. The molecule has 1 aliphatic rings. The molecule has 0 unspecified atom stereocenters. The van der Waals surface area contributed by atoms with Gasteiger partial charge in [-0.2, -0.15) is 0 Å². The summed E-state index contributed by atoms with van der Waals surface area (Å²) < 4.78 is 5.77. The zero-order chi connectivity index (χ0) is 11.5. The molecule has 1 saturated heterocycles. The molecule has 6 heteroatoms. The van der Waals surface area contributed by atoms with Gasteiger partial charge in [0.15, 0.2) is 0 Å². The lowest BCUT2D eigenvalue weighted by molar-refractivity contribution is -0.385. The zero-order valence-corrected chi connectivity index (χ0v) is 10.1. The van der Waals surface area contributed by atoms with Gasteiger partial charge in [-0.05, 0) is 28.1 Å². The average molecular weight is 287 g/mol. The van der Waals surface area contributed by atoms with E-state index in [0.29, 0.717) is 17.7 Å². The minimum absolute atomic E-state index is 0.0945. The number of nitro groups is 1. The van der Waals surface area contributed by atoms with E-state index >= 15 is 0 Å². The molecule has 5 nitrogen and oxygen atoms in total. The van der Waals surface area contributed by atoms with Crippen LogP contribution in [-0.4, -0.2) is 31.2 Å². The highest BCUT2D eigenvalue weighted by molar-refractivity contribution is 9.10. The number of anilines is 1. The lowest BCUT2D eigenvalue weighted by Crippen LogP contribution is -2.36. The number of rotatable bonds is 2. The first-order valence-corrected chi connectivity index (χ1v) is 5.74. The number of benzene rings is 1. The predicted octanol–water partition coefficient (Wildman–Crippen LogP) is 2.19. The van der Waals surface area contributed by atoms with Gasteiger partial charge < -0.3 is 9.64 Å². The second kappa shape index (κ2) is 4.80. The van der Waals surface area contributed by atoms with Gasteiger partial charge in [-0.25, -0.2) is 0 Å². The van der Waals surface area contributed by atoms with Gasteiger partial charge in [0, 0.05) is 24.8 Å². The fourth-order valence-corrected chi connectivity index (χ4v) is 2.17. The predicted molar refractivity (Wildman–Crippen MR) is 63.8 cm³/mol.